The predicted octanol–water partition coefficient (Wildman–Crippen LogP) is -0.296. The van der Waals surface area contributed by atoms with Crippen molar-refractivity contribution in [3.8, 4) is 0 Å². The highest BCUT2D eigenvalue weighted by Crippen LogP contribution is 2.18. The molecule has 0 aromatic carbocycles. The Morgan fingerprint density at radius 2 is 1.79 bits per heavy atom. The second-order valence-corrected chi connectivity index (χ2v) is 5.81. The van der Waals surface area contributed by atoms with Crippen molar-refractivity contribution in [3.63, 3.8) is 0 Å². The quantitative estimate of drug-likeness (QED) is 0.614. The van der Waals surface area contributed by atoms with Crippen molar-refractivity contribution in [1.29, 1.82) is 0 Å². The molecule has 1 aliphatic heterocycles. The highest BCUT2D eigenvalue weighted by atomic mass is 32.2. The second-order valence-electron chi connectivity index (χ2n) is 3.66. The number of carbonyl (C=O) groups is 1. The third-order valence-electron chi connectivity index (χ3n) is 2.48. The molecule has 1 rings (SSSR count). The Morgan fingerprint density at radius 3 is 2.14 bits per heavy atom. The molecule has 82 valence electrons. The van der Waals surface area contributed by atoms with Gasteiger partial charge in [-0.1, -0.05) is 0 Å². The third kappa shape index (κ3) is 2.31. The van der Waals surface area contributed by atoms with Crippen LogP contribution in [0.15, 0.2) is 0 Å². The van der Waals surface area contributed by atoms with Crippen LogP contribution in [0.5, 0.6) is 0 Å². The number of hydrogen-bond acceptors (Lipinski definition) is 3. The lowest BCUT2D eigenvalue weighted by Crippen LogP contribution is -2.44. The lowest BCUT2D eigenvalue weighted by molar-refractivity contribution is -0.112. The van der Waals surface area contributed by atoms with E-state index in [0.29, 0.717) is 25.9 Å². The van der Waals surface area contributed by atoms with Crippen molar-refractivity contribution in [1.82, 2.24) is 8.61 Å². The van der Waals surface area contributed by atoms with Gasteiger partial charge in [0.1, 0.15) is 6.29 Å². The molecular formula is C8H16N2O3S. The highest BCUT2D eigenvalue weighted by Gasteiger charge is 2.28. The molecule has 0 aliphatic carbocycles. The van der Waals surface area contributed by atoms with E-state index >= 15 is 0 Å². The molecule has 0 radical (unpaired) electrons. The van der Waals surface area contributed by atoms with Gasteiger partial charge in [0.2, 0.25) is 0 Å². The molecule has 1 aliphatic rings. The maximum absolute atomic E-state index is 11.6. The minimum Gasteiger partial charge on any atom is -0.303 e. The third-order valence-corrected chi connectivity index (χ3v) is 4.42. The van der Waals surface area contributed by atoms with Gasteiger partial charge in [0.25, 0.3) is 10.2 Å². The second kappa shape index (κ2) is 4.37. The number of hydrogen-bond donors (Lipinski definition) is 0. The largest absolute Gasteiger partial charge is 0.303 e. The summed E-state index contributed by atoms with van der Waals surface area (Å²) < 4.78 is 25.9. The summed E-state index contributed by atoms with van der Waals surface area (Å²) in [6, 6.07) is 0. The summed E-state index contributed by atoms with van der Waals surface area (Å²) in [6.07, 6.45) is 2.19. The number of rotatable bonds is 3. The first-order valence-electron chi connectivity index (χ1n) is 4.61. The van der Waals surface area contributed by atoms with Crippen LogP contribution >= 0.6 is 0 Å². The Bertz CT molecular complexity index is 292. The topological polar surface area (TPSA) is 57.7 Å². The Labute approximate surface area is 84.9 Å². The van der Waals surface area contributed by atoms with Crippen LogP contribution in [-0.2, 0) is 15.0 Å². The van der Waals surface area contributed by atoms with Gasteiger partial charge in [0, 0.05) is 33.1 Å². The van der Waals surface area contributed by atoms with Crippen molar-refractivity contribution in [3.05, 3.63) is 0 Å². The minimum absolute atomic E-state index is 0.0311. The van der Waals surface area contributed by atoms with E-state index in [-0.39, 0.29) is 5.92 Å². The van der Waals surface area contributed by atoms with Crippen molar-refractivity contribution < 1.29 is 13.2 Å². The molecule has 1 fully saturated rings. The summed E-state index contributed by atoms with van der Waals surface area (Å²) in [6.45, 7) is 0.897. The Kier molecular flexibility index (Phi) is 3.63. The maximum atomic E-state index is 11.6. The lowest BCUT2D eigenvalue weighted by Gasteiger charge is -2.30. The first-order valence-corrected chi connectivity index (χ1v) is 6.01. The monoisotopic (exact) mass is 220 g/mol. The summed E-state index contributed by atoms with van der Waals surface area (Å²) in [5.74, 6) is 0.0311. The number of aldehydes is 1. The number of carbonyl (C=O) groups excluding carboxylic acids is 1. The van der Waals surface area contributed by atoms with Gasteiger partial charge in [-0.15, -0.1) is 0 Å². The van der Waals surface area contributed by atoms with E-state index in [1.807, 2.05) is 0 Å². The molecule has 1 heterocycles. The Morgan fingerprint density at radius 1 is 1.29 bits per heavy atom. The van der Waals surface area contributed by atoms with Crippen molar-refractivity contribution in [2.75, 3.05) is 27.2 Å². The molecule has 0 unspecified atom stereocenters. The first-order chi connectivity index (χ1) is 6.48. The molecule has 0 aromatic heterocycles. The standard InChI is InChI=1S/C8H16N2O3S/c1-9(2)14(12,13)10-5-3-8(7-11)4-6-10/h7-8H,3-6H2,1-2H3. The van der Waals surface area contributed by atoms with Gasteiger partial charge in [-0.2, -0.15) is 17.0 Å². The minimum atomic E-state index is -3.28. The van der Waals surface area contributed by atoms with Crippen LogP contribution < -0.4 is 0 Å². The maximum Gasteiger partial charge on any atom is 0.281 e. The van der Waals surface area contributed by atoms with E-state index in [1.54, 1.807) is 0 Å². The van der Waals surface area contributed by atoms with Gasteiger partial charge < -0.3 is 4.79 Å². The molecule has 0 saturated carbocycles. The zero-order chi connectivity index (χ0) is 10.8. The predicted molar refractivity (Wildman–Crippen MR) is 53.0 cm³/mol. The van der Waals surface area contributed by atoms with E-state index in [9.17, 15) is 13.2 Å². The zero-order valence-electron chi connectivity index (χ0n) is 8.51. The van der Waals surface area contributed by atoms with Crippen LogP contribution in [0.3, 0.4) is 0 Å². The fraction of sp³-hybridized carbons (Fsp3) is 0.875. The fourth-order valence-corrected chi connectivity index (χ4v) is 2.61. The molecular weight excluding hydrogens is 204 g/mol. The molecule has 6 heteroatoms. The zero-order valence-corrected chi connectivity index (χ0v) is 9.33. The van der Waals surface area contributed by atoms with Gasteiger partial charge >= 0.3 is 0 Å². The Hall–Kier alpha value is -0.460. The fourth-order valence-electron chi connectivity index (χ4n) is 1.47. The number of piperidine rings is 1. The number of nitrogens with zero attached hydrogens (tertiary/aromatic N) is 2. The molecule has 0 bridgehead atoms. The highest BCUT2D eigenvalue weighted by molar-refractivity contribution is 7.86. The lowest BCUT2D eigenvalue weighted by atomic mass is 10.0. The van der Waals surface area contributed by atoms with Crippen molar-refractivity contribution in [2.24, 2.45) is 5.92 Å². The molecule has 0 spiro atoms. The van der Waals surface area contributed by atoms with Crippen molar-refractivity contribution in [2.45, 2.75) is 12.8 Å². The van der Waals surface area contributed by atoms with E-state index in [4.69, 9.17) is 0 Å². The van der Waals surface area contributed by atoms with Gasteiger partial charge in [-0.3, -0.25) is 0 Å². The van der Waals surface area contributed by atoms with Gasteiger partial charge in [-0.25, -0.2) is 0 Å². The van der Waals surface area contributed by atoms with Gasteiger partial charge in [-0.05, 0) is 12.8 Å². The van der Waals surface area contributed by atoms with Crippen LogP contribution in [0, 0.1) is 5.92 Å². The molecule has 1 saturated heterocycles. The van der Waals surface area contributed by atoms with E-state index in [0.717, 1.165) is 6.29 Å². The first kappa shape index (κ1) is 11.6. The summed E-state index contributed by atoms with van der Waals surface area (Å²) in [7, 11) is -0.251. The molecule has 0 amide bonds. The van der Waals surface area contributed by atoms with Crippen LogP contribution in [-0.4, -0.2) is 50.5 Å². The van der Waals surface area contributed by atoms with E-state index in [1.165, 1.54) is 22.7 Å². The molecule has 0 atom stereocenters. The summed E-state index contributed by atoms with van der Waals surface area (Å²) in [5, 5.41) is 0. The van der Waals surface area contributed by atoms with E-state index in [2.05, 4.69) is 0 Å². The summed E-state index contributed by atoms with van der Waals surface area (Å²) in [4.78, 5) is 10.5. The van der Waals surface area contributed by atoms with Gasteiger partial charge in [0.05, 0.1) is 0 Å². The molecule has 0 N–H and O–H groups in total. The SMILES string of the molecule is CN(C)S(=O)(=O)N1CCC(C=O)CC1. The summed E-state index contributed by atoms with van der Waals surface area (Å²) >= 11 is 0. The molecule has 5 nitrogen and oxygen atoms in total. The Balaban J connectivity index is 2.62. The average Bonchev–Trinajstić information content (AvgIpc) is 2.17. The van der Waals surface area contributed by atoms with Crippen LogP contribution in [0.1, 0.15) is 12.8 Å². The smallest absolute Gasteiger partial charge is 0.281 e. The normalized spacial score (nSPS) is 21.4. The van der Waals surface area contributed by atoms with Crippen molar-refractivity contribution >= 4 is 16.5 Å². The molecule has 0 aromatic rings. The van der Waals surface area contributed by atoms with Gasteiger partial charge in [0.15, 0.2) is 0 Å². The van der Waals surface area contributed by atoms with E-state index < -0.39 is 10.2 Å². The molecule has 14 heavy (non-hydrogen) atoms. The average molecular weight is 220 g/mol. The van der Waals surface area contributed by atoms with Crippen LogP contribution in [0.4, 0.5) is 0 Å². The van der Waals surface area contributed by atoms with Crippen LogP contribution in [0.25, 0.3) is 0 Å². The summed E-state index contributed by atoms with van der Waals surface area (Å²) in [5.41, 5.74) is 0. The van der Waals surface area contributed by atoms with Crippen LogP contribution in [0.2, 0.25) is 0 Å².